The molecule has 0 aliphatic rings. The molecule has 0 radical (unpaired) electrons. The molecule has 21 heavy (non-hydrogen) atoms. The van der Waals surface area contributed by atoms with E-state index in [0.29, 0.717) is 12.2 Å². The van der Waals surface area contributed by atoms with E-state index in [1.165, 1.54) is 30.4 Å². The molecule has 0 unspecified atom stereocenters. The molecule has 4 nitrogen and oxygen atoms in total. The van der Waals surface area contributed by atoms with Crippen LogP contribution in [0.5, 0.6) is 0 Å². The van der Waals surface area contributed by atoms with E-state index in [9.17, 15) is 4.79 Å². The van der Waals surface area contributed by atoms with Crippen LogP contribution in [-0.2, 0) is 6.54 Å². The average molecular weight is 312 g/mol. The van der Waals surface area contributed by atoms with E-state index in [4.69, 9.17) is 11.6 Å². The van der Waals surface area contributed by atoms with Gasteiger partial charge in [-0.3, -0.25) is 4.79 Å². The van der Waals surface area contributed by atoms with E-state index in [1.807, 2.05) is 0 Å². The lowest BCUT2D eigenvalue weighted by Gasteiger charge is -2.09. The predicted molar refractivity (Wildman–Crippen MR) is 90.1 cm³/mol. The molecule has 1 N–H and O–H groups in total. The number of unbranched alkanes of at least 4 members (excludes halogenated alkanes) is 3. The van der Waals surface area contributed by atoms with E-state index in [2.05, 4.69) is 30.8 Å². The lowest BCUT2D eigenvalue weighted by atomic mass is 10.0. The Kier molecular flexibility index (Phi) is 8.13. The molecule has 0 aromatic carbocycles. The Morgan fingerprint density at radius 2 is 2.10 bits per heavy atom. The lowest BCUT2D eigenvalue weighted by Crippen LogP contribution is -2.23. The van der Waals surface area contributed by atoms with Crippen LogP contribution in [0.15, 0.2) is 23.6 Å². The number of hydrogen-bond acceptors (Lipinski definition) is 3. The van der Waals surface area contributed by atoms with Crippen molar-refractivity contribution in [3.05, 3.63) is 34.2 Å². The summed E-state index contributed by atoms with van der Waals surface area (Å²) < 4.78 is 1.30. The monoisotopic (exact) mass is 311 g/mol. The number of nitrogens with zero attached hydrogens (tertiary/aromatic N) is 2. The largest absolute Gasteiger partial charge is 0.382 e. The SMILES string of the molecule is C=CCn1ncc(NCCCCCCC(C)C)c(Cl)c1=O. The van der Waals surface area contributed by atoms with Crippen LogP contribution in [0.3, 0.4) is 0 Å². The van der Waals surface area contributed by atoms with Crippen molar-refractivity contribution in [2.45, 2.75) is 52.5 Å². The number of allylic oxidation sites excluding steroid dienone is 1. The van der Waals surface area contributed by atoms with E-state index in [1.54, 1.807) is 12.3 Å². The van der Waals surface area contributed by atoms with Gasteiger partial charge in [-0.2, -0.15) is 5.10 Å². The molecule has 0 amide bonds. The molecule has 0 saturated carbocycles. The van der Waals surface area contributed by atoms with Gasteiger partial charge in [-0.1, -0.05) is 57.2 Å². The minimum absolute atomic E-state index is 0.201. The third-order valence-corrected chi connectivity index (χ3v) is 3.68. The Morgan fingerprint density at radius 3 is 2.76 bits per heavy atom. The van der Waals surface area contributed by atoms with Gasteiger partial charge >= 0.3 is 0 Å². The lowest BCUT2D eigenvalue weighted by molar-refractivity contribution is 0.523. The second kappa shape index (κ2) is 9.61. The van der Waals surface area contributed by atoms with Crippen molar-refractivity contribution in [2.75, 3.05) is 11.9 Å². The number of anilines is 1. The van der Waals surface area contributed by atoms with Crippen molar-refractivity contribution in [1.82, 2.24) is 9.78 Å². The molecule has 1 heterocycles. The summed E-state index contributed by atoms with van der Waals surface area (Å²) in [7, 11) is 0. The minimum Gasteiger partial charge on any atom is -0.382 e. The number of hydrogen-bond donors (Lipinski definition) is 1. The molecule has 0 aliphatic heterocycles. The van der Waals surface area contributed by atoms with Crippen LogP contribution >= 0.6 is 11.6 Å². The molecule has 0 fully saturated rings. The third kappa shape index (κ3) is 6.34. The first kappa shape index (κ1) is 17.8. The second-order valence-electron chi connectivity index (χ2n) is 5.67. The normalized spacial score (nSPS) is 10.9. The summed E-state index contributed by atoms with van der Waals surface area (Å²) in [5.41, 5.74) is 0.336. The highest BCUT2D eigenvalue weighted by molar-refractivity contribution is 6.32. The number of nitrogens with one attached hydrogen (secondary N) is 1. The van der Waals surface area contributed by atoms with Crippen molar-refractivity contribution in [3.63, 3.8) is 0 Å². The van der Waals surface area contributed by atoms with Gasteiger partial charge < -0.3 is 5.32 Å². The van der Waals surface area contributed by atoms with Gasteiger partial charge in [0.05, 0.1) is 18.4 Å². The smallest absolute Gasteiger partial charge is 0.287 e. The Balaban J connectivity index is 2.34. The van der Waals surface area contributed by atoms with Crippen molar-refractivity contribution in [1.29, 1.82) is 0 Å². The molecule has 0 aliphatic carbocycles. The van der Waals surface area contributed by atoms with Crippen LogP contribution in [0.2, 0.25) is 5.02 Å². The summed E-state index contributed by atoms with van der Waals surface area (Å²) in [6.07, 6.45) is 9.33. The standard InChI is InChI=1S/C16H26ClN3O/c1-4-11-20-16(21)15(17)14(12-19-20)18-10-8-6-5-7-9-13(2)3/h4,12-13,18H,1,5-11H2,2-3H3. The number of aromatic nitrogens is 2. The van der Waals surface area contributed by atoms with Crippen molar-refractivity contribution < 1.29 is 0 Å². The van der Waals surface area contributed by atoms with Gasteiger partial charge in [-0.05, 0) is 12.3 Å². The molecule has 0 atom stereocenters. The van der Waals surface area contributed by atoms with Crippen LogP contribution in [0, 0.1) is 5.92 Å². The fourth-order valence-corrected chi connectivity index (χ4v) is 2.31. The molecule has 0 spiro atoms. The fourth-order valence-electron chi connectivity index (χ4n) is 2.09. The zero-order valence-corrected chi connectivity index (χ0v) is 13.8. The maximum atomic E-state index is 11.9. The molecular weight excluding hydrogens is 286 g/mol. The Morgan fingerprint density at radius 1 is 1.38 bits per heavy atom. The second-order valence-corrected chi connectivity index (χ2v) is 6.05. The number of rotatable bonds is 10. The van der Waals surface area contributed by atoms with E-state index in [0.717, 1.165) is 18.9 Å². The first-order chi connectivity index (χ1) is 10.1. The van der Waals surface area contributed by atoms with E-state index >= 15 is 0 Å². The zero-order valence-electron chi connectivity index (χ0n) is 13.1. The van der Waals surface area contributed by atoms with Gasteiger partial charge in [-0.25, -0.2) is 4.68 Å². The highest BCUT2D eigenvalue weighted by Gasteiger charge is 2.07. The summed E-state index contributed by atoms with van der Waals surface area (Å²) in [5.74, 6) is 0.787. The maximum absolute atomic E-state index is 11.9. The molecule has 1 aromatic heterocycles. The topological polar surface area (TPSA) is 46.9 Å². The summed E-state index contributed by atoms with van der Waals surface area (Å²) in [6, 6.07) is 0. The van der Waals surface area contributed by atoms with Crippen molar-refractivity contribution in [3.8, 4) is 0 Å². The molecule has 118 valence electrons. The Hall–Kier alpha value is -1.29. The molecule has 1 aromatic rings. The van der Waals surface area contributed by atoms with Crippen LogP contribution in [-0.4, -0.2) is 16.3 Å². The van der Waals surface area contributed by atoms with Crippen LogP contribution in [0.4, 0.5) is 5.69 Å². The zero-order chi connectivity index (χ0) is 15.7. The predicted octanol–water partition coefficient (Wildman–Crippen LogP) is 4.10. The van der Waals surface area contributed by atoms with Gasteiger partial charge in [0.1, 0.15) is 5.02 Å². The molecule has 0 saturated heterocycles. The van der Waals surface area contributed by atoms with Gasteiger partial charge in [0.2, 0.25) is 0 Å². The number of halogens is 1. The van der Waals surface area contributed by atoms with E-state index < -0.39 is 0 Å². The van der Waals surface area contributed by atoms with Crippen LogP contribution < -0.4 is 10.9 Å². The minimum atomic E-state index is -0.279. The highest BCUT2D eigenvalue weighted by Crippen LogP contribution is 2.15. The first-order valence-corrected chi connectivity index (χ1v) is 8.04. The molecule has 0 bridgehead atoms. The maximum Gasteiger partial charge on any atom is 0.287 e. The quantitative estimate of drug-likeness (QED) is 0.522. The third-order valence-electron chi connectivity index (χ3n) is 3.31. The van der Waals surface area contributed by atoms with Gasteiger partial charge in [0, 0.05) is 6.54 Å². The summed E-state index contributed by atoms with van der Waals surface area (Å²) in [4.78, 5) is 11.9. The Bertz CT molecular complexity index is 497. The van der Waals surface area contributed by atoms with Crippen LogP contribution in [0.1, 0.15) is 46.0 Å². The first-order valence-electron chi connectivity index (χ1n) is 7.66. The van der Waals surface area contributed by atoms with Gasteiger partial charge in [0.15, 0.2) is 0 Å². The van der Waals surface area contributed by atoms with Crippen molar-refractivity contribution in [2.24, 2.45) is 5.92 Å². The molecular formula is C16H26ClN3O. The molecule has 5 heteroatoms. The fraction of sp³-hybridized carbons (Fsp3) is 0.625. The molecule has 1 rings (SSSR count). The highest BCUT2D eigenvalue weighted by atomic mass is 35.5. The van der Waals surface area contributed by atoms with Gasteiger partial charge in [-0.15, -0.1) is 6.58 Å². The summed E-state index contributed by atoms with van der Waals surface area (Å²) in [5, 5.41) is 7.45. The summed E-state index contributed by atoms with van der Waals surface area (Å²) >= 11 is 6.06. The van der Waals surface area contributed by atoms with Gasteiger partial charge in [0.25, 0.3) is 5.56 Å². The van der Waals surface area contributed by atoms with Crippen LogP contribution in [0.25, 0.3) is 0 Å². The van der Waals surface area contributed by atoms with E-state index in [-0.39, 0.29) is 10.6 Å². The average Bonchev–Trinajstić information content (AvgIpc) is 2.45. The Labute approximate surface area is 132 Å². The summed E-state index contributed by atoms with van der Waals surface area (Å²) in [6.45, 7) is 9.28. The van der Waals surface area contributed by atoms with Crippen molar-refractivity contribution >= 4 is 17.3 Å².